The van der Waals surface area contributed by atoms with Gasteiger partial charge in [0.2, 0.25) is 0 Å². The molecule has 0 bridgehead atoms. The summed E-state index contributed by atoms with van der Waals surface area (Å²) in [6.45, 7) is 3.51. The second kappa shape index (κ2) is 1.74. The molecule has 0 aromatic heterocycles. The summed E-state index contributed by atoms with van der Waals surface area (Å²) in [6.07, 6.45) is 1.61. The van der Waals surface area contributed by atoms with E-state index in [9.17, 15) is 9.59 Å². The number of Topliss-reactive ketones (excluding diaryl/α,β-unsaturated/α-hetero) is 2. The third-order valence-electron chi connectivity index (χ3n) is 3.02. The van der Waals surface area contributed by atoms with Crippen molar-refractivity contribution in [3.8, 4) is 0 Å². The number of hydrogen-bond donors (Lipinski definition) is 0. The monoisotopic (exact) mass is 152 g/mol. The SMILES string of the molecule is CC1(C)C(=O)C[C@H]2C[C@@H]2C1=O. The van der Waals surface area contributed by atoms with Gasteiger partial charge >= 0.3 is 0 Å². The summed E-state index contributed by atoms with van der Waals surface area (Å²) in [4.78, 5) is 22.8. The minimum atomic E-state index is -0.669. The zero-order valence-corrected chi connectivity index (χ0v) is 6.89. The molecule has 2 atom stereocenters. The van der Waals surface area contributed by atoms with Crippen LogP contribution >= 0.6 is 0 Å². The first-order chi connectivity index (χ1) is 5.03. The van der Waals surface area contributed by atoms with Gasteiger partial charge in [0.1, 0.15) is 11.6 Å². The van der Waals surface area contributed by atoms with E-state index in [0.717, 1.165) is 6.42 Å². The standard InChI is InChI=1S/C9H12O2/c1-9(2)7(10)4-5-3-6(5)8(9)11/h5-6H,3-4H2,1-2H3/t5-,6+/m1/s1. The Bertz CT molecular complexity index is 240. The molecule has 0 radical (unpaired) electrons. The Kier molecular flexibility index (Phi) is 1.11. The van der Waals surface area contributed by atoms with Crippen LogP contribution in [0.25, 0.3) is 0 Å². The second-order valence-corrected chi connectivity index (χ2v) is 4.22. The van der Waals surface area contributed by atoms with Crippen molar-refractivity contribution < 1.29 is 9.59 Å². The Balaban J connectivity index is 2.32. The summed E-state index contributed by atoms with van der Waals surface area (Å²) in [6, 6.07) is 0. The van der Waals surface area contributed by atoms with Crippen molar-refractivity contribution >= 4 is 11.6 Å². The zero-order valence-electron chi connectivity index (χ0n) is 6.89. The van der Waals surface area contributed by atoms with Crippen LogP contribution in [0, 0.1) is 17.3 Å². The van der Waals surface area contributed by atoms with Crippen molar-refractivity contribution in [1.82, 2.24) is 0 Å². The summed E-state index contributed by atoms with van der Waals surface area (Å²) < 4.78 is 0. The maximum Gasteiger partial charge on any atom is 0.149 e. The van der Waals surface area contributed by atoms with Gasteiger partial charge in [-0.15, -0.1) is 0 Å². The maximum atomic E-state index is 11.5. The quantitative estimate of drug-likeness (QED) is 0.488. The molecular formula is C9H12O2. The number of carbonyl (C=O) groups is 2. The molecule has 0 spiro atoms. The van der Waals surface area contributed by atoms with Gasteiger partial charge in [-0.3, -0.25) is 9.59 Å². The lowest BCUT2D eigenvalue weighted by atomic mass is 9.75. The third-order valence-corrected chi connectivity index (χ3v) is 3.02. The summed E-state index contributed by atoms with van der Waals surface area (Å²) in [5.41, 5.74) is -0.669. The normalized spacial score (nSPS) is 40.2. The lowest BCUT2D eigenvalue weighted by molar-refractivity contribution is -0.142. The molecule has 2 heteroatoms. The Labute approximate surface area is 66.0 Å². The molecule has 0 saturated heterocycles. The molecule has 0 aliphatic heterocycles. The summed E-state index contributed by atoms with van der Waals surface area (Å²) >= 11 is 0. The molecule has 0 N–H and O–H groups in total. The van der Waals surface area contributed by atoms with Crippen LogP contribution in [0.5, 0.6) is 0 Å². The molecule has 2 rings (SSSR count). The van der Waals surface area contributed by atoms with Gasteiger partial charge in [0, 0.05) is 12.3 Å². The van der Waals surface area contributed by atoms with E-state index in [2.05, 4.69) is 0 Å². The number of ketones is 2. The number of fused-ring (bicyclic) bond motifs is 1. The fourth-order valence-corrected chi connectivity index (χ4v) is 1.89. The van der Waals surface area contributed by atoms with Crippen molar-refractivity contribution in [3.63, 3.8) is 0 Å². The molecule has 60 valence electrons. The highest BCUT2D eigenvalue weighted by atomic mass is 16.2. The van der Waals surface area contributed by atoms with E-state index in [1.807, 2.05) is 0 Å². The highest BCUT2D eigenvalue weighted by molar-refractivity contribution is 6.10. The van der Waals surface area contributed by atoms with Crippen molar-refractivity contribution in [2.75, 3.05) is 0 Å². The highest BCUT2D eigenvalue weighted by Gasteiger charge is 2.56. The van der Waals surface area contributed by atoms with Crippen LogP contribution in [-0.2, 0) is 9.59 Å². The number of hydrogen-bond acceptors (Lipinski definition) is 2. The van der Waals surface area contributed by atoms with Crippen LogP contribution in [0.4, 0.5) is 0 Å². The Hall–Kier alpha value is -0.660. The van der Waals surface area contributed by atoms with Crippen LogP contribution < -0.4 is 0 Å². The molecular weight excluding hydrogens is 140 g/mol. The fourth-order valence-electron chi connectivity index (χ4n) is 1.89. The van der Waals surface area contributed by atoms with Crippen molar-refractivity contribution in [1.29, 1.82) is 0 Å². The summed E-state index contributed by atoms with van der Waals surface area (Å²) in [5.74, 6) is 0.978. The molecule has 0 unspecified atom stereocenters. The van der Waals surface area contributed by atoms with E-state index < -0.39 is 5.41 Å². The van der Waals surface area contributed by atoms with E-state index in [1.165, 1.54) is 0 Å². The fraction of sp³-hybridized carbons (Fsp3) is 0.778. The van der Waals surface area contributed by atoms with Gasteiger partial charge in [0.25, 0.3) is 0 Å². The minimum Gasteiger partial charge on any atom is -0.299 e. The summed E-state index contributed by atoms with van der Waals surface area (Å²) in [7, 11) is 0. The molecule has 0 heterocycles. The summed E-state index contributed by atoms with van der Waals surface area (Å²) in [5, 5.41) is 0. The van der Waals surface area contributed by atoms with Crippen LogP contribution in [0.2, 0.25) is 0 Å². The van der Waals surface area contributed by atoms with Crippen molar-refractivity contribution in [3.05, 3.63) is 0 Å². The van der Waals surface area contributed by atoms with E-state index in [0.29, 0.717) is 12.3 Å². The molecule has 11 heavy (non-hydrogen) atoms. The Morgan fingerprint density at radius 3 is 2.64 bits per heavy atom. The van der Waals surface area contributed by atoms with E-state index in [4.69, 9.17) is 0 Å². The van der Waals surface area contributed by atoms with Crippen LogP contribution in [-0.4, -0.2) is 11.6 Å². The van der Waals surface area contributed by atoms with Gasteiger partial charge in [0.05, 0.1) is 5.41 Å². The molecule has 2 saturated carbocycles. The molecule has 0 amide bonds. The highest BCUT2D eigenvalue weighted by Crippen LogP contribution is 2.51. The zero-order chi connectivity index (χ0) is 8.22. The van der Waals surface area contributed by atoms with Gasteiger partial charge in [-0.2, -0.15) is 0 Å². The molecule has 0 aromatic carbocycles. The van der Waals surface area contributed by atoms with E-state index >= 15 is 0 Å². The van der Waals surface area contributed by atoms with Crippen molar-refractivity contribution in [2.45, 2.75) is 26.7 Å². The minimum absolute atomic E-state index is 0.140. The third kappa shape index (κ3) is 0.784. The van der Waals surface area contributed by atoms with Crippen LogP contribution in [0.1, 0.15) is 26.7 Å². The average molecular weight is 152 g/mol. The van der Waals surface area contributed by atoms with Gasteiger partial charge in [-0.25, -0.2) is 0 Å². The Morgan fingerprint density at radius 1 is 1.36 bits per heavy atom. The first-order valence-electron chi connectivity index (χ1n) is 4.11. The Morgan fingerprint density at radius 2 is 2.00 bits per heavy atom. The average Bonchev–Trinajstić information content (AvgIpc) is 2.63. The van der Waals surface area contributed by atoms with Gasteiger partial charge in [-0.05, 0) is 26.2 Å². The lowest BCUT2D eigenvalue weighted by Gasteiger charge is -2.25. The molecule has 2 fully saturated rings. The predicted octanol–water partition coefficient (Wildman–Crippen LogP) is 1.19. The van der Waals surface area contributed by atoms with Crippen molar-refractivity contribution in [2.24, 2.45) is 17.3 Å². The first-order valence-corrected chi connectivity index (χ1v) is 4.11. The predicted molar refractivity (Wildman–Crippen MR) is 40.0 cm³/mol. The maximum absolute atomic E-state index is 11.5. The number of carbonyl (C=O) groups excluding carboxylic acids is 2. The molecule has 2 aliphatic carbocycles. The molecule has 2 nitrogen and oxygen atoms in total. The number of rotatable bonds is 0. The molecule has 2 aliphatic rings. The topological polar surface area (TPSA) is 34.1 Å². The lowest BCUT2D eigenvalue weighted by Crippen LogP contribution is -2.38. The van der Waals surface area contributed by atoms with Crippen LogP contribution in [0.3, 0.4) is 0 Å². The second-order valence-electron chi connectivity index (χ2n) is 4.22. The van der Waals surface area contributed by atoms with E-state index in [-0.39, 0.29) is 17.5 Å². The van der Waals surface area contributed by atoms with Gasteiger partial charge < -0.3 is 0 Å². The van der Waals surface area contributed by atoms with E-state index in [1.54, 1.807) is 13.8 Å². The van der Waals surface area contributed by atoms with Gasteiger partial charge in [0.15, 0.2) is 0 Å². The van der Waals surface area contributed by atoms with Gasteiger partial charge in [-0.1, -0.05) is 0 Å². The van der Waals surface area contributed by atoms with Crippen LogP contribution in [0.15, 0.2) is 0 Å². The molecule has 0 aromatic rings. The first kappa shape index (κ1) is 7.01. The largest absolute Gasteiger partial charge is 0.299 e. The smallest absolute Gasteiger partial charge is 0.149 e.